The van der Waals surface area contributed by atoms with E-state index in [1.54, 1.807) is 0 Å². The molecule has 3 N–H and O–H groups in total. The number of aromatic nitrogens is 2. The lowest BCUT2D eigenvalue weighted by Crippen LogP contribution is -2.00. The van der Waals surface area contributed by atoms with E-state index in [0.717, 1.165) is 11.1 Å². The summed E-state index contributed by atoms with van der Waals surface area (Å²) in [6.45, 7) is 0.394. The molecule has 72 valence electrons. The highest BCUT2D eigenvalue weighted by Gasteiger charge is 2.07. The van der Waals surface area contributed by atoms with Crippen LogP contribution in [0.1, 0.15) is 5.56 Å². The highest BCUT2D eigenvalue weighted by Crippen LogP contribution is 2.17. The van der Waals surface area contributed by atoms with Crippen molar-refractivity contribution in [3.8, 4) is 11.4 Å². The van der Waals surface area contributed by atoms with Gasteiger partial charge in [0.1, 0.15) is 0 Å². The summed E-state index contributed by atoms with van der Waals surface area (Å²) in [4.78, 5) is 13.2. The Balaban J connectivity index is 2.55. The summed E-state index contributed by atoms with van der Waals surface area (Å²) >= 11 is 0. The smallest absolute Gasteiger partial charge is 0.326 e. The van der Waals surface area contributed by atoms with Gasteiger partial charge >= 0.3 is 5.76 Å². The molecule has 0 spiro atoms. The Morgan fingerprint density at radius 2 is 2.21 bits per heavy atom. The second-order valence-electron chi connectivity index (χ2n) is 2.80. The Bertz CT molecular complexity index is 487. The van der Waals surface area contributed by atoms with E-state index in [1.165, 1.54) is 0 Å². The second kappa shape index (κ2) is 3.47. The minimum Gasteiger partial charge on any atom is -0.326 e. The monoisotopic (exact) mass is 191 g/mol. The summed E-state index contributed by atoms with van der Waals surface area (Å²) in [5.41, 5.74) is 7.25. The van der Waals surface area contributed by atoms with Crippen LogP contribution in [0.2, 0.25) is 0 Å². The third-order valence-corrected chi connectivity index (χ3v) is 1.93. The van der Waals surface area contributed by atoms with Crippen molar-refractivity contribution < 1.29 is 4.52 Å². The summed E-state index contributed by atoms with van der Waals surface area (Å²) in [7, 11) is 0. The molecule has 5 heteroatoms. The predicted octanol–water partition coefficient (Wildman–Crippen LogP) is 0.489. The van der Waals surface area contributed by atoms with Crippen LogP contribution in [0.5, 0.6) is 0 Å². The lowest BCUT2D eigenvalue weighted by atomic mass is 10.1. The Morgan fingerprint density at radius 1 is 1.43 bits per heavy atom. The average molecular weight is 191 g/mol. The minimum absolute atomic E-state index is 0.394. The number of nitrogens with one attached hydrogen (secondary N) is 1. The van der Waals surface area contributed by atoms with Crippen LogP contribution in [-0.4, -0.2) is 10.1 Å². The number of benzene rings is 1. The predicted molar refractivity (Wildman–Crippen MR) is 50.5 cm³/mol. The maximum Gasteiger partial charge on any atom is 0.439 e. The van der Waals surface area contributed by atoms with Gasteiger partial charge in [-0.05, 0) is 5.56 Å². The Hall–Kier alpha value is -1.88. The van der Waals surface area contributed by atoms with Gasteiger partial charge in [-0.1, -0.05) is 29.4 Å². The van der Waals surface area contributed by atoms with Crippen LogP contribution in [0.15, 0.2) is 33.6 Å². The fourth-order valence-electron chi connectivity index (χ4n) is 1.28. The molecule has 0 bridgehead atoms. The largest absolute Gasteiger partial charge is 0.439 e. The van der Waals surface area contributed by atoms with Crippen LogP contribution >= 0.6 is 0 Å². The molecule has 0 fully saturated rings. The maximum atomic E-state index is 10.7. The zero-order valence-electron chi connectivity index (χ0n) is 7.36. The number of nitrogens with zero attached hydrogens (tertiary/aromatic N) is 1. The molecule has 0 saturated carbocycles. The first-order valence-corrected chi connectivity index (χ1v) is 4.15. The Kier molecular flexibility index (Phi) is 2.16. The quantitative estimate of drug-likeness (QED) is 0.723. The van der Waals surface area contributed by atoms with Gasteiger partial charge in [0.05, 0.1) is 0 Å². The van der Waals surface area contributed by atoms with E-state index in [9.17, 15) is 4.79 Å². The van der Waals surface area contributed by atoms with Crippen LogP contribution < -0.4 is 11.5 Å². The van der Waals surface area contributed by atoms with E-state index in [-0.39, 0.29) is 0 Å². The van der Waals surface area contributed by atoms with Gasteiger partial charge in [-0.3, -0.25) is 9.51 Å². The standard InChI is InChI=1S/C9H9N3O2/c10-5-6-3-1-2-4-7(6)8-11-9(13)14-12-8/h1-4H,5,10H2,(H,11,12,13). The molecule has 0 atom stereocenters. The van der Waals surface area contributed by atoms with Gasteiger partial charge in [-0.25, -0.2) is 4.79 Å². The molecule has 0 saturated heterocycles. The van der Waals surface area contributed by atoms with E-state index in [2.05, 4.69) is 14.7 Å². The SMILES string of the molecule is NCc1ccccc1-c1noc(=O)[nH]1. The van der Waals surface area contributed by atoms with Gasteiger partial charge in [0.15, 0.2) is 5.82 Å². The molecule has 0 unspecified atom stereocenters. The summed E-state index contributed by atoms with van der Waals surface area (Å²) in [6, 6.07) is 7.43. The first kappa shape index (κ1) is 8.71. The van der Waals surface area contributed by atoms with Crippen LogP contribution in [-0.2, 0) is 6.54 Å². The van der Waals surface area contributed by atoms with Crippen molar-refractivity contribution in [3.05, 3.63) is 40.4 Å². The zero-order valence-corrected chi connectivity index (χ0v) is 7.36. The van der Waals surface area contributed by atoms with Gasteiger partial charge < -0.3 is 5.73 Å². The summed E-state index contributed by atoms with van der Waals surface area (Å²) in [5, 5.41) is 3.60. The highest BCUT2D eigenvalue weighted by molar-refractivity contribution is 5.59. The molecule has 0 aliphatic rings. The molecule has 2 rings (SSSR count). The first-order chi connectivity index (χ1) is 6.81. The van der Waals surface area contributed by atoms with Crippen LogP contribution in [0.25, 0.3) is 11.4 Å². The molecular weight excluding hydrogens is 182 g/mol. The third kappa shape index (κ3) is 1.45. The lowest BCUT2D eigenvalue weighted by Gasteiger charge is -2.01. The molecule has 0 radical (unpaired) electrons. The fraction of sp³-hybridized carbons (Fsp3) is 0.111. The van der Waals surface area contributed by atoms with Crippen LogP contribution in [0.3, 0.4) is 0 Å². The molecule has 1 aromatic carbocycles. The lowest BCUT2D eigenvalue weighted by molar-refractivity contribution is 0.388. The molecule has 0 aliphatic heterocycles. The van der Waals surface area contributed by atoms with Crippen molar-refractivity contribution in [3.63, 3.8) is 0 Å². The minimum atomic E-state index is -0.563. The number of H-pyrrole nitrogens is 1. The molecule has 1 heterocycles. The van der Waals surface area contributed by atoms with E-state index in [1.807, 2.05) is 24.3 Å². The summed E-state index contributed by atoms with van der Waals surface area (Å²) < 4.78 is 4.42. The van der Waals surface area contributed by atoms with Crippen LogP contribution in [0.4, 0.5) is 0 Å². The number of nitrogens with two attached hydrogens (primary N) is 1. The third-order valence-electron chi connectivity index (χ3n) is 1.93. The van der Waals surface area contributed by atoms with Crippen molar-refractivity contribution in [2.75, 3.05) is 0 Å². The van der Waals surface area contributed by atoms with E-state index in [0.29, 0.717) is 12.4 Å². The topological polar surface area (TPSA) is 84.9 Å². The summed E-state index contributed by atoms with van der Waals surface area (Å²) in [5.74, 6) is -0.150. The molecule has 14 heavy (non-hydrogen) atoms. The number of rotatable bonds is 2. The number of aromatic amines is 1. The normalized spacial score (nSPS) is 10.4. The van der Waals surface area contributed by atoms with Crippen molar-refractivity contribution in [1.29, 1.82) is 0 Å². The molecule has 1 aromatic heterocycles. The van der Waals surface area contributed by atoms with Gasteiger partial charge in [-0.15, -0.1) is 0 Å². The van der Waals surface area contributed by atoms with Crippen LogP contribution in [0, 0.1) is 0 Å². The maximum absolute atomic E-state index is 10.7. The Labute approximate surface area is 79.5 Å². The van der Waals surface area contributed by atoms with Crippen molar-refractivity contribution in [1.82, 2.24) is 10.1 Å². The number of hydrogen-bond acceptors (Lipinski definition) is 4. The Morgan fingerprint density at radius 3 is 2.86 bits per heavy atom. The molecule has 0 aliphatic carbocycles. The van der Waals surface area contributed by atoms with E-state index in [4.69, 9.17) is 5.73 Å². The van der Waals surface area contributed by atoms with Crippen molar-refractivity contribution in [2.45, 2.75) is 6.54 Å². The van der Waals surface area contributed by atoms with E-state index >= 15 is 0 Å². The van der Waals surface area contributed by atoms with Gasteiger partial charge in [0.2, 0.25) is 0 Å². The van der Waals surface area contributed by atoms with E-state index < -0.39 is 5.76 Å². The van der Waals surface area contributed by atoms with Gasteiger partial charge in [-0.2, -0.15) is 0 Å². The summed E-state index contributed by atoms with van der Waals surface area (Å²) in [6.07, 6.45) is 0. The van der Waals surface area contributed by atoms with Gasteiger partial charge in [0, 0.05) is 12.1 Å². The molecule has 0 amide bonds. The second-order valence-corrected chi connectivity index (χ2v) is 2.80. The molecular formula is C9H9N3O2. The van der Waals surface area contributed by atoms with Gasteiger partial charge in [0.25, 0.3) is 0 Å². The number of hydrogen-bond donors (Lipinski definition) is 2. The van der Waals surface area contributed by atoms with Crippen molar-refractivity contribution in [2.24, 2.45) is 5.73 Å². The zero-order chi connectivity index (χ0) is 9.97. The molecule has 5 nitrogen and oxygen atoms in total. The first-order valence-electron chi connectivity index (χ1n) is 4.15. The fourth-order valence-corrected chi connectivity index (χ4v) is 1.28. The highest BCUT2D eigenvalue weighted by atomic mass is 16.5. The van der Waals surface area contributed by atoms with Crippen molar-refractivity contribution >= 4 is 0 Å². The average Bonchev–Trinajstić information content (AvgIpc) is 2.65. The molecule has 2 aromatic rings.